The smallest absolute Gasteiger partial charge is 0.323 e. The van der Waals surface area contributed by atoms with Gasteiger partial charge in [0.05, 0.1) is 11.5 Å². The van der Waals surface area contributed by atoms with Crippen molar-refractivity contribution in [1.29, 1.82) is 0 Å². The minimum absolute atomic E-state index is 0.0152. The van der Waals surface area contributed by atoms with Gasteiger partial charge in [0.15, 0.2) is 0 Å². The van der Waals surface area contributed by atoms with E-state index >= 15 is 0 Å². The van der Waals surface area contributed by atoms with E-state index in [9.17, 15) is 14.9 Å². The van der Waals surface area contributed by atoms with Gasteiger partial charge >= 0.3 is 5.97 Å². The van der Waals surface area contributed by atoms with Crippen molar-refractivity contribution in [3.8, 4) is 0 Å². The summed E-state index contributed by atoms with van der Waals surface area (Å²) in [6, 6.07) is 5.24. The lowest BCUT2D eigenvalue weighted by Gasteiger charge is -2.10. The zero-order chi connectivity index (χ0) is 12.8. The molecule has 0 aromatic heterocycles. The van der Waals surface area contributed by atoms with Crippen LogP contribution in [0.15, 0.2) is 24.3 Å². The molecule has 0 aliphatic heterocycles. The number of hydrogen-bond donors (Lipinski definition) is 1. The van der Waals surface area contributed by atoms with Crippen LogP contribution in [0.4, 0.5) is 5.69 Å². The molecule has 92 valence electrons. The first-order valence-electron chi connectivity index (χ1n) is 5.20. The number of nitro groups is 1. The molecular weight excluding hydrogens is 224 g/mol. The first-order valence-corrected chi connectivity index (χ1v) is 5.20. The van der Waals surface area contributed by atoms with Crippen molar-refractivity contribution in [2.45, 2.75) is 19.4 Å². The molecule has 17 heavy (non-hydrogen) atoms. The molecule has 0 saturated carbocycles. The fraction of sp³-hybridized carbons (Fsp3) is 0.364. The highest BCUT2D eigenvalue weighted by molar-refractivity contribution is 5.75. The Kier molecular flexibility index (Phi) is 4.59. The van der Waals surface area contributed by atoms with Crippen LogP contribution in [0.1, 0.15) is 12.5 Å². The Labute approximate surface area is 98.5 Å². The second-order valence-electron chi connectivity index (χ2n) is 3.49. The first-order chi connectivity index (χ1) is 8.04. The molecule has 0 amide bonds. The van der Waals surface area contributed by atoms with E-state index in [1.165, 1.54) is 12.1 Å². The van der Waals surface area contributed by atoms with Crippen LogP contribution in [0, 0.1) is 10.1 Å². The number of nitro benzene ring substituents is 1. The van der Waals surface area contributed by atoms with Gasteiger partial charge in [-0.15, -0.1) is 0 Å². The lowest BCUT2D eigenvalue weighted by atomic mass is 10.1. The number of ether oxygens (including phenoxy) is 1. The maximum atomic E-state index is 11.3. The van der Waals surface area contributed by atoms with Crippen molar-refractivity contribution in [2.75, 3.05) is 6.61 Å². The third kappa shape index (κ3) is 3.84. The molecule has 1 unspecified atom stereocenters. The van der Waals surface area contributed by atoms with Crippen molar-refractivity contribution < 1.29 is 14.5 Å². The van der Waals surface area contributed by atoms with Gasteiger partial charge in [-0.05, 0) is 18.9 Å². The van der Waals surface area contributed by atoms with Crippen LogP contribution < -0.4 is 5.73 Å². The summed E-state index contributed by atoms with van der Waals surface area (Å²) in [5, 5.41) is 10.6. The van der Waals surface area contributed by atoms with Crippen molar-refractivity contribution in [2.24, 2.45) is 5.73 Å². The molecule has 1 atom stereocenters. The van der Waals surface area contributed by atoms with Gasteiger partial charge in [-0.1, -0.05) is 12.1 Å². The number of nitrogens with zero attached hydrogens (tertiary/aromatic N) is 1. The minimum Gasteiger partial charge on any atom is -0.465 e. The molecule has 6 heteroatoms. The van der Waals surface area contributed by atoms with E-state index in [0.717, 1.165) is 0 Å². The van der Waals surface area contributed by atoms with E-state index in [2.05, 4.69) is 0 Å². The summed E-state index contributed by atoms with van der Waals surface area (Å²) < 4.78 is 4.76. The molecule has 0 saturated heterocycles. The Morgan fingerprint density at radius 1 is 1.59 bits per heavy atom. The minimum atomic E-state index is -0.794. The highest BCUT2D eigenvalue weighted by atomic mass is 16.6. The van der Waals surface area contributed by atoms with Crippen LogP contribution in [-0.2, 0) is 16.0 Å². The molecule has 0 aliphatic rings. The summed E-state index contributed by atoms with van der Waals surface area (Å²) in [5.41, 5.74) is 6.24. The van der Waals surface area contributed by atoms with Crippen molar-refractivity contribution in [3.05, 3.63) is 39.9 Å². The normalized spacial score (nSPS) is 11.9. The molecule has 0 heterocycles. The summed E-state index contributed by atoms with van der Waals surface area (Å²) in [6.45, 7) is 1.96. The SMILES string of the molecule is CCOC(=O)C(N)Cc1cccc([N+](=O)[O-])c1. The van der Waals surface area contributed by atoms with E-state index in [-0.39, 0.29) is 18.7 Å². The van der Waals surface area contributed by atoms with E-state index in [1.807, 2.05) is 0 Å². The van der Waals surface area contributed by atoms with Gasteiger partial charge < -0.3 is 10.5 Å². The number of hydrogen-bond acceptors (Lipinski definition) is 5. The number of nitrogens with two attached hydrogens (primary N) is 1. The van der Waals surface area contributed by atoms with Gasteiger partial charge in [-0.25, -0.2) is 0 Å². The van der Waals surface area contributed by atoms with E-state index in [0.29, 0.717) is 5.56 Å². The molecule has 1 aromatic rings. The predicted octanol–water partition coefficient (Wildman–Crippen LogP) is 1.03. The average Bonchev–Trinajstić information content (AvgIpc) is 2.29. The number of esters is 1. The Morgan fingerprint density at radius 2 is 2.29 bits per heavy atom. The Morgan fingerprint density at radius 3 is 2.88 bits per heavy atom. The van der Waals surface area contributed by atoms with Crippen molar-refractivity contribution in [1.82, 2.24) is 0 Å². The predicted molar refractivity (Wildman–Crippen MR) is 61.4 cm³/mol. The Bertz CT molecular complexity index is 420. The van der Waals surface area contributed by atoms with Gasteiger partial charge in [0.25, 0.3) is 5.69 Å². The number of non-ortho nitro benzene ring substituents is 1. The molecule has 2 N–H and O–H groups in total. The molecule has 0 fully saturated rings. The fourth-order valence-electron chi connectivity index (χ4n) is 1.38. The summed E-state index contributed by atoms with van der Waals surface area (Å²) in [5.74, 6) is -0.501. The summed E-state index contributed by atoms with van der Waals surface area (Å²) in [7, 11) is 0. The highest BCUT2D eigenvalue weighted by Gasteiger charge is 2.16. The topological polar surface area (TPSA) is 95.5 Å². The van der Waals surface area contributed by atoms with Gasteiger partial charge in [0.2, 0.25) is 0 Å². The summed E-state index contributed by atoms with van der Waals surface area (Å²) in [4.78, 5) is 21.4. The maximum Gasteiger partial charge on any atom is 0.323 e. The van der Waals surface area contributed by atoms with Crippen LogP contribution in [0.2, 0.25) is 0 Å². The second kappa shape index (κ2) is 5.95. The average molecular weight is 238 g/mol. The summed E-state index contributed by atoms with van der Waals surface area (Å²) >= 11 is 0. The van der Waals surface area contributed by atoms with E-state index in [1.54, 1.807) is 19.1 Å². The summed E-state index contributed by atoms with van der Waals surface area (Å²) in [6.07, 6.45) is 0.223. The third-order valence-corrected chi connectivity index (χ3v) is 2.17. The third-order valence-electron chi connectivity index (χ3n) is 2.17. The molecule has 0 radical (unpaired) electrons. The van der Waals surface area contributed by atoms with Gasteiger partial charge in [-0.2, -0.15) is 0 Å². The lowest BCUT2D eigenvalue weighted by Crippen LogP contribution is -2.34. The van der Waals surface area contributed by atoms with Crippen LogP contribution in [0.5, 0.6) is 0 Å². The van der Waals surface area contributed by atoms with Gasteiger partial charge in [0.1, 0.15) is 6.04 Å². The number of rotatable bonds is 5. The van der Waals surface area contributed by atoms with E-state index < -0.39 is 16.9 Å². The number of carbonyl (C=O) groups excluding carboxylic acids is 1. The Hall–Kier alpha value is -1.95. The van der Waals surface area contributed by atoms with Crippen LogP contribution in [0.25, 0.3) is 0 Å². The van der Waals surface area contributed by atoms with Crippen LogP contribution >= 0.6 is 0 Å². The molecule has 0 bridgehead atoms. The first kappa shape index (κ1) is 13.1. The molecule has 0 aliphatic carbocycles. The fourth-order valence-corrected chi connectivity index (χ4v) is 1.38. The monoisotopic (exact) mass is 238 g/mol. The maximum absolute atomic E-state index is 11.3. The molecule has 0 spiro atoms. The largest absolute Gasteiger partial charge is 0.465 e. The van der Waals surface area contributed by atoms with Crippen LogP contribution in [-0.4, -0.2) is 23.5 Å². The second-order valence-corrected chi connectivity index (χ2v) is 3.49. The Balaban J connectivity index is 2.71. The van der Waals surface area contributed by atoms with Gasteiger partial charge in [0, 0.05) is 12.1 Å². The lowest BCUT2D eigenvalue weighted by molar-refractivity contribution is -0.384. The molecule has 1 rings (SSSR count). The van der Waals surface area contributed by atoms with E-state index in [4.69, 9.17) is 10.5 Å². The molecule has 1 aromatic carbocycles. The van der Waals surface area contributed by atoms with Gasteiger partial charge in [-0.3, -0.25) is 14.9 Å². The highest BCUT2D eigenvalue weighted by Crippen LogP contribution is 2.14. The zero-order valence-electron chi connectivity index (χ0n) is 9.46. The van der Waals surface area contributed by atoms with Crippen molar-refractivity contribution >= 4 is 11.7 Å². The molecular formula is C11H14N2O4. The van der Waals surface area contributed by atoms with Crippen LogP contribution in [0.3, 0.4) is 0 Å². The molecule has 6 nitrogen and oxygen atoms in total. The quantitative estimate of drug-likeness (QED) is 0.469. The zero-order valence-corrected chi connectivity index (χ0v) is 9.46. The van der Waals surface area contributed by atoms with Crippen molar-refractivity contribution in [3.63, 3.8) is 0 Å². The standard InChI is InChI=1S/C11H14N2O4/c1-2-17-11(14)10(12)7-8-4-3-5-9(6-8)13(15)16/h3-6,10H,2,7,12H2,1H3. The number of carbonyl (C=O) groups is 1. The number of benzene rings is 1.